The summed E-state index contributed by atoms with van der Waals surface area (Å²) in [5.41, 5.74) is 5.11. The second-order valence-electron chi connectivity index (χ2n) is 5.83. The highest BCUT2D eigenvalue weighted by Crippen LogP contribution is 2.30. The molecule has 6 nitrogen and oxygen atoms in total. The van der Waals surface area contributed by atoms with Crippen molar-refractivity contribution in [2.75, 3.05) is 12.8 Å². The highest BCUT2D eigenvalue weighted by molar-refractivity contribution is 7.91. The van der Waals surface area contributed by atoms with Gasteiger partial charge in [-0.1, -0.05) is 0 Å². The third-order valence-corrected chi connectivity index (χ3v) is 4.40. The fourth-order valence-corrected chi connectivity index (χ4v) is 2.84. The first-order chi connectivity index (χ1) is 7.93. The molecule has 0 radical (unpaired) electrons. The molecule has 0 aromatic rings. The van der Waals surface area contributed by atoms with E-state index in [-0.39, 0.29) is 12.0 Å². The predicted octanol–water partition coefficient (Wildman–Crippen LogP) is 0.571. The molecule has 1 aliphatic rings. The third-order valence-electron chi connectivity index (χ3n) is 3.06. The van der Waals surface area contributed by atoms with E-state index in [1.54, 1.807) is 27.7 Å². The van der Waals surface area contributed by atoms with Gasteiger partial charge in [0, 0.05) is 24.8 Å². The molecular weight excluding hydrogens is 256 g/mol. The van der Waals surface area contributed by atoms with Crippen LogP contribution >= 0.6 is 0 Å². The Morgan fingerprint density at radius 2 is 1.94 bits per heavy atom. The first-order valence-corrected chi connectivity index (χ1v) is 7.83. The lowest BCUT2D eigenvalue weighted by Gasteiger charge is -2.47. The maximum atomic E-state index is 11.8. The second kappa shape index (κ2) is 4.70. The van der Waals surface area contributed by atoms with Crippen LogP contribution in [0.1, 0.15) is 27.7 Å². The van der Waals surface area contributed by atoms with Crippen molar-refractivity contribution in [1.29, 1.82) is 0 Å². The average molecular weight is 278 g/mol. The van der Waals surface area contributed by atoms with E-state index in [0.717, 1.165) is 6.26 Å². The number of ether oxygens (including phenoxy) is 1. The standard InChI is InChI=1S/C11H22N2O4S/c1-7-8(9(12)18(5,15)16)6-13(7)10(14)17-11(2,3)4/h7-9H,6,12H2,1-5H3/t7-,8+,9?/m1/s1. The van der Waals surface area contributed by atoms with Gasteiger partial charge < -0.3 is 15.4 Å². The molecule has 0 aromatic carbocycles. The van der Waals surface area contributed by atoms with E-state index in [0.29, 0.717) is 6.54 Å². The van der Waals surface area contributed by atoms with Crippen LogP contribution in [0.3, 0.4) is 0 Å². The van der Waals surface area contributed by atoms with Crippen LogP contribution in [0, 0.1) is 5.92 Å². The lowest BCUT2D eigenvalue weighted by atomic mass is 9.90. The number of carbonyl (C=O) groups is 1. The van der Waals surface area contributed by atoms with Crippen LogP contribution in [-0.2, 0) is 14.6 Å². The molecule has 0 spiro atoms. The van der Waals surface area contributed by atoms with Crippen LogP contribution in [0.15, 0.2) is 0 Å². The minimum Gasteiger partial charge on any atom is -0.444 e. The predicted molar refractivity (Wildman–Crippen MR) is 68.7 cm³/mol. The van der Waals surface area contributed by atoms with E-state index >= 15 is 0 Å². The average Bonchev–Trinajstić information content (AvgIpc) is 2.10. The number of rotatable bonds is 2. The molecule has 0 bridgehead atoms. The molecule has 1 amide bonds. The molecule has 1 heterocycles. The van der Waals surface area contributed by atoms with Crippen molar-refractivity contribution in [2.24, 2.45) is 11.7 Å². The largest absolute Gasteiger partial charge is 0.444 e. The quantitative estimate of drug-likeness (QED) is 0.797. The summed E-state index contributed by atoms with van der Waals surface area (Å²) in [5.74, 6) is -0.229. The molecule has 1 aliphatic heterocycles. The first kappa shape index (κ1) is 15.2. The van der Waals surface area contributed by atoms with Crippen LogP contribution in [0.5, 0.6) is 0 Å². The summed E-state index contributed by atoms with van der Waals surface area (Å²) in [5, 5.41) is -0.925. The van der Waals surface area contributed by atoms with Gasteiger partial charge >= 0.3 is 6.09 Å². The Morgan fingerprint density at radius 3 is 2.28 bits per heavy atom. The van der Waals surface area contributed by atoms with E-state index in [9.17, 15) is 13.2 Å². The van der Waals surface area contributed by atoms with Gasteiger partial charge in [-0.15, -0.1) is 0 Å². The maximum Gasteiger partial charge on any atom is 0.410 e. The Hall–Kier alpha value is -0.820. The van der Waals surface area contributed by atoms with Crippen molar-refractivity contribution in [3.8, 4) is 0 Å². The Morgan fingerprint density at radius 1 is 1.44 bits per heavy atom. The van der Waals surface area contributed by atoms with Crippen LogP contribution in [0.25, 0.3) is 0 Å². The number of sulfone groups is 1. The van der Waals surface area contributed by atoms with Gasteiger partial charge in [0.05, 0.1) is 0 Å². The zero-order chi connectivity index (χ0) is 14.3. The van der Waals surface area contributed by atoms with Gasteiger partial charge in [0.2, 0.25) is 0 Å². The smallest absolute Gasteiger partial charge is 0.410 e. The van der Waals surface area contributed by atoms with Gasteiger partial charge in [-0.3, -0.25) is 0 Å². The normalized spacial score (nSPS) is 26.4. The van der Waals surface area contributed by atoms with Crippen molar-refractivity contribution in [1.82, 2.24) is 4.90 Å². The number of amides is 1. The topological polar surface area (TPSA) is 89.7 Å². The summed E-state index contributed by atoms with van der Waals surface area (Å²) >= 11 is 0. The molecule has 18 heavy (non-hydrogen) atoms. The fourth-order valence-electron chi connectivity index (χ4n) is 1.90. The Bertz CT molecular complexity index is 427. The summed E-state index contributed by atoms with van der Waals surface area (Å²) in [6.45, 7) is 7.46. The number of nitrogens with zero attached hydrogens (tertiary/aromatic N) is 1. The Kier molecular flexibility index (Phi) is 3.97. The summed E-state index contributed by atoms with van der Waals surface area (Å²) in [6.07, 6.45) is 0.688. The highest BCUT2D eigenvalue weighted by atomic mass is 32.2. The minimum absolute atomic E-state index is 0.218. The molecule has 3 atom stereocenters. The zero-order valence-corrected chi connectivity index (χ0v) is 12.3. The van der Waals surface area contributed by atoms with Gasteiger partial charge in [0.15, 0.2) is 9.84 Å². The molecule has 0 saturated carbocycles. The summed E-state index contributed by atoms with van der Waals surface area (Å²) in [7, 11) is -3.28. The summed E-state index contributed by atoms with van der Waals surface area (Å²) < 4.78 is 27.9. The minimum atomic E-state index is -3.28. The van der Waals surface area contributed by atoms with Gasteiger partial charge in [-0.05, 0) is 27.7 Å². The van der Waals surface area contributed by atoms with Crippen molar-refractivity contribution >= 4 is 15.9 Å². The van der Waals surface area contributed by atoms with Gasteiger partial charge in [-0.25, -0.2) is 13.2 Å². The molecule has 2 N–H and O–H groups in total. The SMILES string of the molecule is C[C@@H]1[C@@H](C(N)S(C)(=O)=O)CN1C(=O)OC(C)(C)C. The van der Waals surface area contributed by atoms with Crippen molar-refractivity contribution in [3.05, 3.63) is 0 Å². The molecule has 1 saturated heterocycles. The lowest BCUT2D eigenvalue weighted by Crippen LogP contribution is -2.64. The number of hydrogen-bond acceptors (Lipinski definition) is 5. The number of carbonyl (C=O) groups excluding carboxylic acids is 1. The summed E-state index contributed by atoms with van der Waals surface area (Å²) in [4.78, 5) is 13.3. The van der Waals surface area contributed by atoms with E-state index < -0.39 is 26.9 Å². The van der Waals surface area contributed by atoms with E-state index in [1.807, 2.05) is 0 Å². The number of likely N-dealkylation sites (tertiary alicyclic amines) is 1. The Labute approximate surface area is 108 Å². The fraction of sp³-hybridized carbons (Fsp3) is 0.909. The van der Waals surface area contributed by atoms with Crippen LogP contribution in [-0.4, -0.2) is 49.2 Å². The number of hydrogen-bond donors (Lipinski definition) is 1. The molecule has 0 aromatic heterocycles. The van der Waals surface area contributed by atoms with Gasteiger partial charge in [0.25, 0.3) is 0 Å². The van der Waals surface area contributed by atoms with Crippen molar-refractivity contribution < 1.29 is 17.9 Å². The molecule has 1 fully saturated rings. The van der Waals surface area contributed by atoms with E-state index in [1.165, 1.54) is 4.90 Å². The van der Waals surface area contributed by atoms with Gasteiger partial charge in [0.1, 0.15) is 11.0 Å². The monoisotopic (exact) mass is 278 g/mol. The third kappa shape index (κ3) is 3.35. The molecule has 1 rings (SSSR count). The molecular formula is C11H22N2O4S. The molecule has 1 unspecified atom stereocenters. The summed E-state index contributed by atoms with van der Waals surface area (Å²) in [6, 6.07) is -0.218. The van der Waals surface area contributed by atoms with Crippen LogP contribution in [0.2, 0.25) is 0 Å². The first-order valence-electron chi connectivity index (χ1n) is 5.87. The van der Waals surface area contributed by atoms with Gasteiger partial charge in [-0.2, -0.15) is 0 Å². The maximum absolute atomic E-state index is 11.8. The number of nitrogens with two attached hydrogens (primary N) is 1. The second-order valence-corrected chi connectivity index (χ2v) is 8.03. The van der Waals surface area contributed by atoms with Crippen molar-refractivity contribution in [2.45, 2.75) is 44.7 Å². The van der Waals surface area contributed by atoms with E-state index in [4.69, 9.17) is 10.5 Å². The molecule has 106 valence electrons. The van der Waals surface area contributed by atoms with Crippen LogP contribution < -0.4 is 5.73 Å². The molecule has 0 aliphatic carbocycles. The lowest BCUT2D eigenvalue weighted by molar-refractivity contribution is -0.0253. The highest BCUT2D eigenvalue weighted by Gasteiger charge is 2.46. The Balaban J connectivity index is 2.61. The zero-order valence-electron chi connectivity index (χ0n) is 11.5. The van der Waals surface area contributed by atoms with E-state index in [2.05, 4.69) is 0 Å². The van der Waals surface area contributed by atoms with Crippen LogP contribution in [0.4, 0.5) is 4.79 Å². The molecule has 7 heteroatoms. The van der Waals surface area contributed by atoms with Crippen molar-refractivity contribution in [3.63, 3.8) is 0 Å².